The number of amides is 2. The van der Waals surface area contributed by atoms with Crippen LogP contribution in [0.2, 0.25) is 5.02 Å². The SMILES string of the molecule is CC1=CC(C)=C2C(=O)N(c3ccc(Cl)cc3)C(=O)C2S1. The van der Waals surface area contributed by atoms with Gasteiger partial charge in [0.25, 0.3) is 11.8 Å². The zero-order valence-electron chi connectivity index (χ0n) is 11.0. The van der Waals surface area contributed by atoms with E-state index in [0.717, 1.165) is 10.5 Å². The maximum atomic E-state index is 12.5. The molecule has 1 unspecified atom stereocenters. The fraction of sp³-hybridized carbons (Fsp3) is 0.200. The molecule has 2 aliphatic heterocycles. The van der Waals surface area contributed by atoms with Crippen LogP contribution in [0.25, 0.3) is 0 Å². The number of carbonyl (C=O) groups is 2. The van der Waals surface area contributed by atoms with Crippen molar-refractivity contribution in [2.24, 2.45) is 0 Å². The van der Waals surface area contributed by atoms with Crippen LogP contribution in [0.3, 0.4) is 0 Å². The van der Waals surface area contributed by atoms with Gasteiger partial charge in [0.15, 0.2) is 0 Å². The van der Waals surface area contributed by atoms with E-state index in [4.69, 9.17) is 11.6 Å². The average molecular weight is 306 g/mol. The smallest absolute Gasteiger partial charge is 0.262 e. The molecule has 0 aliphatic carbocycles. The fourth-order valence-corrected chi connectivity index (χ4v) is 3.85. The predicted octanol–water partition coefficient (Wildman–Crippen LogP) is 3.55. The molecule has 1 saturated heterocycles. The van der Waals surface area contributed by atoms with Gasteiger partial charge < -0.3 is 0 Å². The Hall–Kier alpha value is -1.52. The van der Waals surface area contributed by atoms with Crippen molar-refractivity contribution in [3.63, 3.8) is 0 Å². The summed E-state index contributed by atoms with van der Waals surface area (Å²) in [7, 11) is 0. The highest BCUT2D eigenvalue weighted by molar-refractivity contribution is 8.04. The van der Waals surface area contributed by atoms with E-state index < -0.39 is 5.25 Å². The molecule has 0 aromatic heterocycles. The van der Waals surface area contributed by atoms with Gasteiger partial charge in [-0.1, -0.05) is 11.6 Å². The second kappa shape index (κ2) is 4.79. The maximum Gasteiger partial charge on any atom is 0.262 e. The third-order valence-corrected chi connectivity index (χ3v) is 4.79. The molecule has 3 nitrogen and oxygen atoms in total. The number of hydrogen-bond acceptors (Lipinski definition) is 3. The van der Waals surface area contributed by atoms with E-state index in [1.54, 1.807) is 24.3 Å². The minimum absolute atomic E-state index is 0.177. The number of imide groups is 1. The minimum Gasteiger partial charge on any atom is -0.272 e. The Balaban J connectivity index is 2.06. The number of anilines is 1. The summed E-state index contributed by atoms with van der Waals surface area (Å²) in [5.41, 5.74) is 2.04. The molecular formula is C15H12ClNO2S. The van der Waals surface area contributed by atoms with E-state index in [2.05, 4.69) is 0 Å². The van der Waals surface area contributed by atoms with Crippen LogP contribution in [0, 0.1) is 0 Å². The molecule has 0 spiro atoms. The van der Waals surface area contributed by atoms with Gasteiger partial charge in [0, 0.05) is 10.6 Å². The number of nitrogens with zero attached hydrogens (tertiary/aromatic N) is 1. The normalized spacial score (nSPS) is 22.2. The summed E-state index contributed by atoms with van der Waals surface area (Å²) in [5, 5.41) is 0.163. The first-order valence-corrected chi connectivity index (χ1v) is 7.44. The third-order valence-electron chi connectivity index (χ3n) is 3.37. The zero-order chi connectivity index (χ0) is 14.4. The first kappa shape index (κ1) is 13.5. The number of fused-ring (bicyclic) bond motifs is 1. The van der Waals surface area contributed by atoms with Crippen molar-refractivity contribution >= 4 is 40.9 Å². The van der Waals surface area contributed by atoms with Crippen molar-refractivity contribution in [2.45, 2.75) is 19.1 Å². The molecule has 20 heavy (non-hydrogen) atoms. The summed E-state index contributed by atoms with van der Waals surface area (Å²) in [6.45, 7) is 3.83. The van der Waals surface area contributed by atoms with Crippen molar-refractivity contribution in [2.75, 3.05) is 4.90 Å². The molecule has 1 aromatic carbocycles. The van der Waals surface area contributed by atoms with Crippen LogP contribution in [0.4, 0.5) is 5.69 Å². The highest BCUT2D eigenvalue weighted by atomic mass is 35.5. The molecule has 2 heterocycles. The number of carbonyl (C=O) groups excluding carboxylic acids is 2. The van der Waals surface area contributed by atoms with Crippen LogP contribution >= 0.6 is 23.4 Å². The summed E-state index contributed by atoms with van der Waals surface area (Å²) in [4.78, 5) is 27.3. The number of rotatable bonds is 1. The van der Waals surface area contributed by atoms with E-state index >= 15 is 0 Å². The van der Waals surface area contributed by atoms with E-state index in [0.29, 0.717) is 16.3 Å². The molecule has 1 aromatic rings. The quantitative estimate of drug-likeness (QED) is 0.745. The van der Waals surface area contributed by atoms with E-state index in [1.165, 1.54) is 16.7 Å². The third kappa shape index (κ3) is 2.00. The maximum absolute atomic E-state index is 12.5. The lowest BCUT2D eigenvalue weighted by atomic mass is 10.1. The first-order chi connectivity index (χ1) is 9.49. The van der Waals surface area contributed by atoms with Gasteiger partial charge in [-0.15, -0.1) is 11.8 Å². The highest BCUT2D eigenvalue weighted by Crippen LogP contribution is 2.41. The second-order valence-corrected chi connectivity index (χ2v) is 6.59. The molecule has 2 aliphatic rings. The lowest BCUT2D eigenvalue weighted by molar-refractivity contribution is -0.120. The van der Waals surface area contributed by atoms with E-state index in [-0.39, 0.29) is 11.8 Å². The Labute approximate surface area is 126 Å². The Morgan fingerprint density at radius 1 is 1.15 bits per heavy atom. The van der Waals surface area contributed by atoms with Gasteiger partial charge in [-0.3, -0.25) is 9.59 Å². The van der Waals surface area contributed by atoms with Crippen LogP contribution in [0.1, 0.15) is 13.8 Å². The van der Waals surface area contributed by atoms with Crippen molar-refractivity contribution in [3.8, 4) is 0 Å². The van der Waals surface area contributed by atoms with Gasteiger partial charge in [-0.25, -0.2) is 4.90 Å². The fourth-order valence-electron chi connectivity index (χ4n) is 2.50. The Bertz CT molecular complexity index is 676. The van der Waals surface area contributed by atoms with Gasteiger partial charge >= 0.3 is 0 Å². The van der Waals surface area contributed by atoms with Crippen molar-refractivity contribution in [3.05, 3.63) is 51.4 Å². The molecule has 0 N–H and O–H groups in total. The number of thioether (sulfide) groups is 1. The van der Waals surface area contributed by atoms with Crippen LogP contribution in [0.5, 0.6) is 0 Å². The molecule has 5 heteroatoms. The van der Waals surface area contributed by atoms with Crippen LogP contribution in [-0.2, 0) is 9.59 Å². The van der Waals surface area contributed by atoms with Crippen LogP contribution in [0.15, 0.2) is 46.4 Å². The number of benzene rings is 1. The largest absolute Gasteiger partial charge is 0.272 e. The first-order valence-electron chi connectivity index (χ1n) is 6.18. The molecule has 1 atom stereocenters. The van der Waals surface area contributed by atoms with Crippen LogP contribution < -0.4 is 4.90 Å². The summed E-state index contributed by atoms with van der Waals surface area (Å²) in [6.07, 6.45) is 1.95. The molecular weight excluding hydrogens is 294 g/mol. The average Bonchev–Trinajstić information content (AvgIpc) is 2.63. The number of halogens is 1. The monoisotopic (exact) mass is 305 g/mol. The standard InChI is InChI=1S/C15H12ClNO2S/c1-8-7-9(2)20-13-12(8)14(18)17(15(13)19)11-5-3-10(16)4-6-11/h3-7,13H,1-2H3. The second-order valence-electron chi connectivity index (χ2n) is 4.80. The Morgan fingerprint density at radius 2 is 1.80 bits per heavy atom. The van der Waals surface area contributed by atoms with E-state index in [1.807, 2.05) is 19.9 Å². The van der Waals surface area contributed by atoms with Gasteiger partial charge in [-0.2, -0.15) is 0 Å². The molecule has 0 saturated carbocycles. The Kier molecular flexibility index (Phi) is 3.22. The summed E-state index contributed by atoms with van der Waals surface area (Å²) in [5.74, 6) is -0.403. The summed E-state index contributed by atoms with van der Waals surface area (Å²) in [6, 6.07) is 6.74. The predicted molar refractivity (Wildman–Crippen MR) is 81.8 cm³/mol. The molecule has 1 fully saturated rings. The number of allylic oxidation sites excluding steroid dienone is 3. The molecule has 0 radical (unpaired) electrons. The molecule has 0 bridgehead atoms. The highest BCUT2D eigenvalue weighted by Gasteiger charge is 2.46. The lowest BCUT2D eigenvalue weighted by Crippen LogP contribution is -2.31. The lowest BCUT2D eigenvalue weighted by Gasteiger charge is -2.15. The van der Waals surface area contributed by atoms with Gasteiger partial charge in [0.05, 0.1) is 5.69 Å². The van der Waals surface area contributed by atoms with Crippen LogP contribution in [-0.4, -0.2) is 17.1 Å². The van der Waals surface area contributed by atoms with Crippen molar-refractivity contribution in [1.29, 1.82) is 0 Å². The van der Waals surface area contributed by atoms with Gasteiger partial charge in [-0.05, 0) is 54.7 Å². The minimum atomic E-state index is -0.414. The summed E-state index contributed by atoms with van der Waals surface area (Å²) >= 11 is 7.28. The van der Waals surface area contributed by atoms with Crippen molar-refractivity contribution < 1.29 is 9.59 Å². The molecule has 102 valence electrons. The molecule has 2 amide bonds. The van der Waals surface area contributed by atoms with E-state index in [9.17, 15) is 9.59 Å². The van der Waals surface area contributed by atoms with Gasteiger partial charge in [0.2, 0.25) is 0 Å². The van der Waals surface area contributed by atoms with Crippen molar-refractivity contribution in [1.82, 2.24) is 0 Å². The Morgan fingerprint density at radius 3 is 2.45 bits per heavy atom. The zero-order valence-corrected chi connectivity index (χ0v) is 12.6. The number of hydrogen-bond donors (Lipinski definition) is 0. The summed E-state index contributed by atoms with van der Waals surface area (Å²) < 4.78 is 0. The topological polar surface area (TPSA) is 37.4 Å². The van der Waals surface area contributed by atoms with Gasteiger partial charge in [0.1, 0.15) is 5.25 Å². The molecule has 3 rings (SSSR count).